The maximum Gasteiger partial charge on any atom is 0.239 e. The summed E-state index contributed by atoms with van der Waals surface area (Å²) >= 11 is 1.43. The standard InChI is InChI=1S/C15H23N5O2S/c1-4-6-7-8-20-10-16-18-15(20)23-12(5-2)14(21)17-13-9-11(3)22-19-13/h9-10,12H,4-8H2,1-3H3,(H,17,19,21)/t12-/m0/s1. The van der Waals surface area contributed by atoms with Gasteiger partial charge in [0.2, 0.25) is 5.91 Å². The van der Waals surface area contributed by atoms with E-state index in [0.29, 0.717) is 18.0 Å². The average Bonchev–Trinajstić information content (AvgIpc) is 3.14. The van der Waals surface area contributed by atoms with E-state index in [2.05, 4.69) is 27.6 Å². The van der Waals surface area contributed by atoms with Crippen molar-refractivity contribution in [2.45, 2.75) is 63.4 Å². The van der Waals surface area contributed by atoms with E-state index in [0.717, 1.165) is 18.1 Å². The largest absolute Gasteiger partial charge is 0.360 e. The third-order valence-electron chi connectivity index (χ3n) is 3.37. The molecule has 0 radical (unpaired) electrons. The van der Waals surface area contributed by atoms with Crippen LogP contribution in [0.5, 0.6) is 0 Å². The first-order valence-electron chi connectivity index (χ1n) is 7.92. The smallest absolute Gasteiger partial charge is 0.239 e. The number of hydrogen-bond acceptors (Lipinski definition) is 6. The summed E-state index contributed by atoms with van der Waals surface area (Å²) in [6.07, 6.45) is 5.84. The van der Waals surface area contributed by atoms with Crippen LogP contribution in [-0.4, -0.2) is 31.1 Å². The molecule has 2 aromatic rings. The lowest BCUT2D eigenvalue weighted by atomic mass is 10.2. The van der Waals surface area contributed by atoms with Crippen molar-refractivity contribution in [3.05, 3.63) is 18.2 Å². The number of nitrogens with zero attached hydrogens (tertiary/aromatic N) is 4. The summed E-state index contributed by atoms with van der Waals surface area (Å²) in [7, 11) is 0. The maximum atomic E-state index is 12.4. The van der Waals surface area contributed by atoms with E-state index in [1.165, 1.54) is 24.6 Å². The summed E-state index contributed by atoms with van der Waals surface area (Å²) in [5, 5.41) is 15.2. The van der Waals surface area contributed by atoms with Crippen molar-refractivity contribution in [3.63, 3.8) is 0 Å². The molecular formula is C15H23N5O2S. The molecule has 2 aromatic heterocycles. The number of hydrogen-bond donors (Lipinski definition) is 1. The van der Waals surface area contributed by atoms with Crippen molar-refractivity contribution < 1.29 is 9.32 Å². The zero-order chi connectivity index (χ0) is 16.7. The molecule has 0 unspecified atom stereocenters. The zero-order valence-electron chi connectivity index (χ0n) is 13.8. The van der Waals surface area contributed by atoms with Crippen molar-refractivity contribution in [2.24, 2.45) is 0 Å². The van der Waals surface area contributed by atoms with Crippen LogP contribution >= 0.6 is 11.8 Å². The third-order valence-corrected chi connectivity index (χ3v) is 4.73. The molecule has 8 heteroatoms. The first-order chi connectivity index (χ1) is 11.1. The van der Waals surface area contributed by atoms with Crippen LogP contribution in [0.1, 0.15) is 45.3 Å². The van der Waals surface area contributed by atoms with Gasteiger partial charge in [0, 0.05) is 12.6 Å². The first-order valence-corrected chi connectivity index (χ1v) is 8.80. The lowest BCUT2D eigenvalue weighted by Crippen LogP contribution is -2.25. The number of amides is 1. The van der Waals surface area contributed by atoms with Gasteiger partial charge in [-0.25, -0.2) is 0 Å². The lowest BCUT2D eigenvalue weighted by Gasteiger charge is -2.13. The number of unbranched alkanes of at least 4 members (excludes halogenated alkanes) is 2. The van der Waals surface area contributed by atoms with Crippen molar-refractivity contribution in [3.8, 4) is 0 Å². The van der Waals surface area contributed by atoms with Crippen LogP contribution in [0, 0.1) is 6.92 Å². The normalized spacial score (nSPS) is 12.3. The summed E-state index contributed by atoms with van der Waals surface area (Å²) in [5.74, 6) is 1.00. The Hall–Kier alpha value is -1.83. The number of anilines is 1. The molecule has 0 aliphatic rings. The van der Waals surface area contributed by atoms with Crippen molar-refractivity contribution >= 4 is 23.5 Å². The monoisotopic (exact) mass is 337 g/mol. The molecule has 7 nitrogen and oxygen atoms in total. The second kappa shape index (κ2) is 8.71. The molecule has 23 heavy (non-hydrogen) atoms. The molecular weight excluding hydrogens is 314 g/mol. The van der Waals surface area contributed by atoms with Gasteiger partial charge in [-0.05, 0) is 19.8 Å². The van der Waals surface area contributed by atoms with Gasteiger partial charge in [-0.2, -0.15) is 0 Å². The van der Waals surface area contributed by atoms with Crippen LogP contribution in [-0.2, 0) is 11.3 Å². The van der Waals surface area contributed by atoms with E-state index < -0.39 is 0 Å². The van der Waals surface area contributed by atoms with Crippen LogP contribution in [0.25, 0.3) is 0 Å². The summed E-state index contributed by atoms with van der Waals surface area (Å²) in [6.45, 7) is 6.81. The molecule has 126 valence electrons. The highest BCUT2D eigenvalue weighted by Gasteiger charge is 2.21. The highest BCUT2D eigenvalue weighted by atomic mass is 32.2. The molecule has 0 aliphatic heterocycles. The van der Waals surface area contributed by atoms with E-state index in [-0.39, 0.29) is 11.2 Å². The highest BCUT2D eigenvalue weighted by Crippen LogP contribution is 2.25. The van der Waals surface area contributed by atoms with Crippen molar-refractivity contribution in [1.82, 2.24) is 19.9 Å². The molecule has 0 bridgehead atoms. The maximum absolute atomic E-state index is 12.4. The molecule has 1 N–H and O–H groups in total. The van der Waals surface area contributed by atoms with E-state index >= 15 is 0 Å². The summed E-state index contributed by atoms with van der Waals surface area (Å²) in [4.78, 5) is 12.4. The molecule has 0 aliphatic carbocycles. The van der Waals surface area contributed by atoms with Crippen molar-refractivity contribution in [1.29, 1.82) is 0 Å². The molecule has 1 amide bonds. The Morgan fingerprint density at radius 3 is 2.91 bits per heavy atom. The zero-order valence-corrected chi connectivity index (χ0v) is 14.6. The SMILES string of the molecule is CCCCCn1cnnc1S[C@@H](CC)C(=O)Nc1cc(C)on1. The van der Waals surface area contributed by atoms with Gasteiger partial charge in [0.05, 0.1) is 5.25 Å². The number of thioether (sulfide) groups is 1. The minimum atomic E-state index is -0.249. The Kier molecular flexibility index (Phi) is 6.64. The predicted molar refractivity (Wildman–Crippen MR) is 89.4 cm³/mol. The Balaban J connectivity index is 1.96. The Labute approximate surface area is 140 Å². The fourth-order valence-electron chi connectivity index (χ4n) is 2.10. The minimum Gasteiger partial charge on any atom is -0.360 e. The van der Waals surface area contributed by atoms with E-state index in [9.17, 15) is 4.79 Å². The predicted octanol–water partition coefficient (Wildman–Crippen LogP) is 3.27. The van der Waals surface area contributed by atoms with E-state index in [1.807, 2.05) is 11.5 Å². The molecule has 2 heterocycles. The quantitative estimate of drug-likeness (QED) is 0.558. The van der Waals surface area contributed by atoms with E-state index in [4.69, 9.17) is 4.52 Å². The van der Waals surface area contributed by atoms with Gasteiger partial charge in [0.25, 0.3) is 0 Å². The average molecular weight is 337 g/mol. The van der Waals surface area contributed by atoms with Crippen LogP contribution in [0.15, 0.2) is 22.1 Å². The molecule has 0 spiro atoms. The molecule has 2 rings (SSSR count). The Morgan fingerprint density at radius 2 is 2.26 bits per heavy atom. The second-order valence-electron chi connectivity index (χ2n) is 5.34. The number of aromatic nitrogens is 4. The molecule has 1 atom stereocenters. The fraction of sp³-hybridized carbons (Fsp3) is 0.600. The van der Waals surface area contributed by atoms with Crippen LogP contribution in [0.4, 0.5) is 5.82 Å². The van der Waals surface area contributed by atoms with Crippen LogP contribution < -0.4 is 5.32 Å². The van der Waals surface area contributed by atoms with Gasteiger partial charge in [-0.15, -0.1) is 10.2 Å². The van der Waals surface area contributed by atoms with Gasteiger partial charge in [-0.1, -0.05) is 43.6 Å². The summed E-state index contributed by atoms with van der Waals surface area (Å²) < 4.78 is 6.97. The second-order valence-corrected chi connectivity index (χ2v) is 6.51. The van der Waals surface area contributed by atoms with Crippen LogP contribution in [0.2, 0.25) is 0 Å². The van der Waals surface area contributed by atoms with Gasteiger partial charge < -0.3 is 14.4 Å². The van der Waals surface area contributed by atoms with E-state index in [1.54, 1.807) is 19.3 Å². The molecule has 0 fully saturated rings. The van der Waals surface area contributed by atoms with Crippen molar-refractivity contribution in [2.75, 3.05) is 5.32 Å². The summed E-state index contributed by atoms with van der Waals surface area (Å²) in [5.41, 5.74) is 0. The van der Waals surface area contributed by atoms with Gasteiger partial charge in [-0.3, -0.25) is 4.79 Å². The van der Waals surface area contributed by atoms with Crippen LogP contribution in [0.3, 0.4) is 0 Å². The van der Waals surface area contributed by atoms with Gasteiger partial charge >= 0.3 is 0 Å². The summed E-state index contributed by atoms with van der Waals surface area (Å²) in [6, 6.07) is 1.70. The Morgan fingerprint density at radius 1 is 1.43 bits per heavy atom. The number of rotatable bonds is 9. The van der Waals surface area contributed by atoms with Gasteiger partial charge in [0.15, 0.2) is 11.0 Å². The topological polar surface area (TPSA) is 85.8 Å². The number of carbonyl (C=O) groups is 1. The minimum absolute atomic E-state index is 0.103. The molecule has 0 saturated heterocycles. The number of nitrogens with one attached hydrogen (secondary N) is 1. The Bertz CT molecular complexity index is 625. The molecule has 0 saturated carbocycles. The van der Waals surface area contributed by atoms with Gasteiger partial charge in [0.1, 0.15) is 12.1 Å². The number of carbonyl (C=O) groups excluding carboxylic acids is 1. The number of aryl methyl sites for hydroxylation is 2. The first kappa shape index (κ1) is 17.5. The third kappa shape index (κ3) is 5.09. The fourth-order valence-corrected chi connectivity index (χ4v) is 3.06. The molecule has 0 aromatic carbocycles. The lowest BCUT2D eigenvalue weighted by molar-refractivity contribution is -0.115. The highest BCUT2D eigenvalue weighted by molar-refractivity contribution is 8.00.